The van der Waals surface area contributed by atoms with E-state index < -0.39 is 11.7 Å². The van der Waals surface area contributed by atoms with Gasteiger partial charge < -0.3 is 19.7 Å². The number of nitrogens with zero attached hydrogens (tertiary/aromatic N) is 4. The molecule has 1 saturated heterocycles. The smallest absolute Gasteiger partial charge is 0.407 e. The van der Waals surface area contributed by atoms with Crippen LogP contribution in [0.4, 0.5) is 14.9 Å². The molecule has 0 spiro atoms. The third kappa shape index (κ3) is 5.74. The molecule has 1 N–H and O–H groups in total. The van der Waals surface area contributed by atoms with Crippen molar-refractivity contribution in [2.75, 3.05) is 11.4 Å². The number of imidazole rings is 1. The quantitative estimate of drug-likeness (QED) is 0.397. The first-order valence-electron chi connectivity index (χ1n) is 12.3. The van der Waals surface area contributed by atoms with Gasteiger partial charge in [0.1, 0.15) is 18.0 Å². The summed E-state index contributed by atoms with van der Waals surface area (Å²) in [5, 5.41) is 7.32. The number of aromatic nitrogens is 3. The lowest BCUT2D eigenvalue weighted by Crippen LogP contribution is -2.40. The number of anilines is 1. The fourth-order valence-corrected chi connectivity index (χ4v) is 4.25. The monoisotopic (exact) mass is 517 g/mol. The van der Waals surface area contributed by atoms with Gasteiger partial charge in [-0.15, -0.1) is 5.10 Å². The van der Waals surface area contributed by atoms with Gasteiger partial charge in [0.2, 0.25) is 11.8 Å². The molecule has 38 heavy (non-hydrogen) atoms. The second-order valence-electron chi connectivity index (χ2n) is 10.1. The van der Waals surface area contributed by atoms with Crippen molar-refractivity contribution in [3.63, 3.8) is 0 Å². The van der Waals surface area contributed by atoms with Crippen molar-refractivity contribution in [1.29, 1.82) is 0 Å². The first-order valence-corrected chi connectivity index (χ1v) is 12.3. The Kier molecular flexibility index (Phi) is 6.71. The average molecular weight is 518 g/mol. The molecule has 3 heterocycles. The summed E-state index contributed by atoms with van der Waals surface area (Å²) in [7, 11) is 0. The number of alkyl carbamates (subject to hydrolysis) is 1. The van der Waals surface area contributed by atoms with Gasteiger partial charge in [-0.3, -0.25) is 4.79 Å². The van der Waals surface area contributed by atoms with E-state index in [9.17, 15) is 14.0 Å². The average Bonchev–Trinajstić information content (AvgIpc) is 3.44. The van der Waals surface area contributed by atoms with E-state index in [2.05, 4.69) is 15.4 Å². The van der Waals surface area contributed by atoms with Crippen LogP contribution >= 0.6 is 0 Å². The van der Waals surface area contributed by atoms with Crippen LogP contribution in [-0.4, -0.2) is 44.8 Å². The second kappa shape index (κ2) is 10.1. The number of nitrogens with one attached hydrogen (secondary N) is 1. The van der Waals surface area contributed by atoms with Gasteiger partial charge in [0.05, 0.1) is 17.9 Å². The fraction of sp³-hybridized carbons (Fsp3) is 0.286. The topological polar surface area (TPSA) is 98.1 Å². The van der Waals surface area contributed by atoms with Gasteiger partial charge in [-0.25, -0.2) is 18.7 Å². The highest BCUT2D eigenvalue weighted by atomic mass is 19.1. The molecule has 2 aromatic carbocycles. The van der Waals surface area contributed by atoms with Crippen molar-refractivity contribution in [3.8, 4) is 17.1 Å². The summed E-state index contributed by atoms with van der Waals surface area (Å²) < 4.78 is 26.2. The Bertz CT molecular complexity index is 1480. The molecule has 0 radical (unpaired) electrons. The normalized spacial score (nSPS) is 15.6. The molecule has 1 unspecified atom stereocenters. The van der Waals surface area contributed by atoms with Crippen molar-refractivity contribution in [1.82, 2.24) is 19.9 Å². The molecule has 1 aliphatic heterocycles. The predicted octanol–water partition coefficient (Wildman–Crippen LogP) is 4.74. The van der Waals surface area contributed by atoms with Gasteiger partial charge in [-0.1, -0.05) is 24.3 Å². The summed E-state index contributed by atoms with van der Waals surface area (Å²) in [4.78, 5) is 30.8. The third-order valence-corrected chi connectivity index (χ3v) is 5.93. The van der Waals surface area contributed by atoms with E-state index in [4.69, 9.17) is 9.47 Å². The van der Waals surface area contributed by atoms with Crippen LogP contribution < -0.4 is 15.0 Å². The molecule has 9 nitrogen and oxygen atoms in total. The molecule has 0 bridgehead atoms. The van der Waals surface area contributed by atoms with Crippen LogP contribution in [-0.2, 0) is 16.1 Å². The number of rotatable bonds is 6. The molecule has 0 saturated carbocycles. The number of halogens is 1. The molecule has 10 heteroatoms. The van der Waals surface area contributed by atoms with Crippen LogP contribution in [0.3, 0.4) is 0 Å². The van der Waals surface area contributed by atoms with E-state index in [-0.39, 0.29) is 30.8 Å². The van der Waals surface area contributed by atoms with E-state index >= 15 is 0 Å². The Hall–Kier alpha value is -4.47. The lowest BCUT2D eigenvalue weighted by atomic mass is 10.1. The van der Waals surface area contributed by atoms with Crippen molar-refractivity contribution in [2.24, 2.45) is 0 Å². The van der Waals surface area contributed by atoms with Crippen molar-refractivity contribution < 1.29 is 23.5 Å². The zero-order valence-electron chi connectivity index (χ0n) is 21.3. The number of benzene rings is 2. The van der Waals surface area contributed by atoms with E-state index in [1.807, 2.05) is 24.3 Å². The predicted molar refractivity (Wildman–Crippen MR) is 139 cm³/mol. The Labute approximate surface area is 219 Å². The summed E-state index contributed by atoms with van der Waals surface area (Å²) in [5.74, 6) is -0.0144. The molecular weight excluding hydrogens is 489 g/mol. The van der Waals surface area contributed by atoms with E-state index in [0.717, 1.165) is 16.9 Å². The second-order valence-corrected chi connectivity index (χ2v) is 10.1. The maximum atomic E-state index is 13.4. The standard InChI is InChI=1S/C28H28FN5O4/c1-28(2,3)38-27(36)31-21-14-26(35)33(16-21)22-9-7-19(8-10-22)23-15-30-24-11-12-25(32-34(23)24)37-17-18-5-4-6-20(29)13-18/h4-13,15,21H,14,16-17H2,1-3H3,(H,31,36). The fourth-order valence-electron chi connectivity index (χ4n) is 4.25. The maximum Gasteiger partial charge on any atom is 0.407 e. The minimum atomic E-state index is -0.608. The van der Waals surface area contributed by atoms with Gasteiger partial charge in [0.25, 0.3) is 0 Å². The first kappa shape index (κ1) is 25.2. The molecule has 196 valence electrons. The third-order valence-electron chi connectivity index (χ3n) is 5.93. The van der Waals surface area contributed by atoms with Crippen LogP contribution in [0.2, 0.25) is 0 Å². The van der Waals surface area contributed by atoms with Gasteiger partial charge >= 0.3 is 6.09 Å². The number of hydrogen-bond acceptors (Lipinski definition) is 6. The zero-order valence-corrected chi connectivity index (χ0v) is 21.3. The highest BCUT2D eigenvalue weighted by Gasteiger charge is 2.32. The molecule has 0 aliphatic carbocycles. The highest BCUT2D eigenvalue weighted by Crippen LogP contribution is 2.27. The van der Waals surface area contributed by atoms with Crippen LogP contribution in [0.15, 0.2) is 66.9 Å². The Balaban J connectivity index is 1.28. The number of ether oxygens (including phenoxy) is 2. The van der Waals surface area contributed by atoms with E-state index in [0.29, 0.717) is 23.6 Å². The molecule has 2 amide bonds. The lowest BCUT2D eigenvalue weighted by Gasteiger charge is -2.22. The molecule has 4 aromatic rings. The van der Waals surface area contributed by atoms with Gasteiger partial charge in [-0.05, 0) is 56.7 Å². The minimum Gasteiger partial charge on any atom is -0.472 e. The van der Waals surface area contributed by atoms with Crippen LogP contribution in [0, 0.1) is 5.82 Å². The Morgan fingerprint density at radius 3 is 2.66 bits per heavy atom. The molecular formula is C28H28FN5O4. The number of fused-ring (bicyclic) bond motifs is 1. The van der Waals surface area contributed by atoms with Gasteiger partial charge in [-0.2, -0.15) is 0 Å². The summed E-state index contributed by atoms with van der Waals surface area (Å²) in [6, 6.07) is 16.9. The summed E-state index contributed by atoms with van der Waals surface area (Å²) in [6.07, 6.45) is 1.39. The van der Waals surface area contributed by atoms with Crippen molar-refractivity contribution in [2.45, 2.75) is 45.4 Å². The van der Waals surface area contributed by atoms with Crippen LogP contribution in [0.1, 0.15) is 32.8 Å². The van der Waals surface area contributed by atoms with Crippen LogP contribution in [0.25, 0.3) is 16.9 Å². The van der Waals surface area contributed by atoms with Crippen LogP contribution in [0.5, 0.6) is 5.88 Å². The van der Waals surface area contributed by atoms with E-state index in [1.54, 1.807) is 60.6 Å². The number of carbonyl (C=O) groups excluding carboxylic acids is 2. The van der Waals surface area contributed by atoms with Gasteiger partial charge in [0, 0.05) is 30.3 Å². The van der Waals surface area contributed by atoms with Crippen molar-refractivity contribution in [3.05, 3.63) is 78.2 Å². The number of hydrogen-bond donors (Lipinski definition) is 1. The Morgan fingerprint density at radius 1 is 1.13 bits per heavy atom. The summed E-state index contributed by atoms with van der Waals surface area (Å²) in [6.45, 7) is 5.92. The zero-order chi connectivity index (χ0) is 26.9. The Morgan fingerprint density at radius 2 is 1.92 bits per heavy atom. The highest BCUT2D eigenvalue weighted by molar-refractivity contribution is 5.96. The largest absolute Gasteiger partial charge is 0.472 e. The molecule has 1 fully saturated rings. The maximum absolute atomic E-state index is 13.4. The number of amides is 2. The summed E-state index contributed by atoms with van der Waals surface area (Å²) in [5.41, 5.74) is 3.07. The first-order chi connectivity index (χ1) is 18.1. The lowest BCUT2D eigenvalue weighted by molar-refractivity contribution is -0.117. The van der Waals surface area contributed by atoms with Gasteiger partial charge in [0.15, 0.2) is 5.65 Å². The SMILES string of the molecule is CC(C)(C)OC(=O)NC1CC(=O)N(c2ccc(-c3cnc4ccc(OCc5cccc(F)c5)nn34)cc2)C1. The van der Waals surface area contributed by atoms with Crippen molar-refractivity contribution >= 4 is 23.3 Å². The molecule has 5 rings (SSSR count). The number of carbonyl (C=O) groups is 2. The molecule has 1 aliphatic rings. The minimum absolute atomic E-state index is 0.0737. The summed E-state index contributed by atoms with van der Waals surface area (Å²) >= 11 is 0. The molecule has 2 aromatic heterocycles. The van der Waals surface area contributed by atoms with E-state index in [1.165, 1.54) is 12.1 Å². The molecule has 1 atom stereocenters.